The molecular weight excluding hydrogens is 216 g/mol. The van der Waals surface area contributed by atoms with Gasteiger partial charge < -0.3 is 16.4 Å². The van der Waals surface area contributed by atoms with Crippen LogP contribution in [0.1, 0.15) is 6.42 Å². The summed E-state index contributed by atoms with van der Waals surface area (Å²) in [6.45, 7) is 0.228. The fraction of sp³-hybridized carbons (Fsp3) is 0.300. The molecular formula is C10H11F2N3O. The number of carbonyl (C=O) groups is 1. The summed E-state index contributed by atoms with van der Waals surface area (Å²) in [5.74, 6) is -1.91. The quantitative estimate of drug-likeness (QED) is 0.690. The molecule has 4 nitrogen and oxygen atoms in total. The molecule has 1 aromatic carbocycles. The Balaban J connectivity index is 2.44. The van der Waals surface area contributed by atoms with E-state index < -0.39 is 11.6 Å². The average molecular weight is 227 g/mol. The van der Waals surface area contributed by atoms with Gasteiger partial charge in [0.2, 0.25) is 5.91 Å². The van der Waals surface area contributed by atoms with Crippen LogP contribution in [-0.4, -0.2) is 18.5 Å². The van der Waals surface area contributed by atoms with Gasteiger partial charge in [-0.2, -0.15) is 0 Å². The highest BCUT2D eigenvalue weighted by Gasteiger charge is 2.30. The molecule has 86 valence electrons. The first-order valence-corrected chi connectivity index (χ1v) is 4.79. The van der Waals surface area contributed by atoms with Crippen molar-refractivity contribution < 1.29 is 13.6 Å². The van der Waals surface area contributed by atoms with Crippen molar-refractivity contribution in [1.29, 1.82) is 0 Å². The zero-order valence-electron chi connectivity index (χ0n) is 8.41. The fourth-order valence-electron chi connectivity index (χ4n) is 1.76. The summed E-state index contributed by atoms with van der Waals surface area (Å²) in [5, 5.41) is 0. The molecule has 16 heavy (non-hydrogen) atoms. The number of hydrogen-bond acceptors (Lipinski definition) is 3. The van der Waals surface area contributed by atoms with Gasteiger partial charge in [0.05, 0.1) is 11.4 Å². The molecule has 1 aliphatic heterocycles. The maximum absolute atomic E-state index is 13.2. The Kier molecular flexibility index (Phi) is 2.51. The summed E-state index contributed by atoms with van der Waals surface area (Å²) < 4.78 is 26.2. The molecule has 1 amide bonds. The Morgan fingerprint density at radius 2 is 2.06 bits per heavy atom. The number of rotatable bonds is 1. The van der Waals surface area contributed by atoms with Crippen molar-refractivity contribution in [3.63, 3.8) is 0 Å². The number of halogens is 2. The molecule has 0 bridgehead atoms. The van der Waals surface area contributed by atoms with E-state index in [2.05, 4.69) is 0 Å². The topological polar surface area (TPSA) is 72.3 Å². The predicted octanol–water partition coefficient (Wildman–Crippen LogP) is 0.611. The Morgan fingerprint density at radius 1 is 1.38 bits per heavy atom. The van der Waals surface area contributed by atoms with Crippen LogP contribution < -0.4 is 16.4 Å². The van der Waals surface area contributed by atoms with Crippen LogP contribution in [0.15, 0.2) is 12.1 Å². The van der Waals surface area contributed by atoms with E-state index in [9.17, 15) is 13.6 Å². The third-order valence-electron chi connectivity index (χ3n) is 2.52. The van der Waals surface area contributed by atoms with Gasteiger partial charge in [-0.3, -0.25) is 4.79 Å². The van der Waals surface area contributed by atoms with Gasteiger partial charge >= 0.3 is 0 Å². The highest BCUT2D eigenvalue weighted by Crippen LogP contribution is 2.30. The van der Waals surface area contributed by atoms with Gasteiger partial charge in [-0.15, -0.1) is 0 Å². The van der Waals surface area contributed by atoms with Crippen LogP contribution in [-0.2, 0) is 4.79 Å². The minimum Gasteiger partial charge on any atom is -0.395 e. The summed E-state index contributed by atoms with van der Waals surface area (Å²) in [7, 11) is 0. The lowest BCUT2D eigenvalue weighted by Gasteiger charge is -2.18. The largest absolute Gasteiger partial charge is 0.395 e. The number of benzene rings is 1. The van der Waals surface area contributed by atoms with Gasteiger partial charge in [-0.05, 0) is 6.07 Å². The monoisotopic (exact) mass is 227 g/mol. The SMILES string of the molecule is Nc1c(F)cc(F)cc1N1CC(N)CC1=O. The van der Waals surface area contributed by atoms with E-state index in [4.69, 9.17) is 11.5 Å². The second-order valence-corrected chi connectivity index (χ2v) is 3.79. The molecule has 0 aliphatic carbocycles. The van der Waals surface area contributed by atoms with E-state index >= 15 is 0 Å². The van der Waals surface area contributed by atoms with E-state index in [1.807, 2.05) is 0 Å². The molecule has 1 saturated heterocycles. The Labute approximate surface area is 90.8 Å². The normalized spacial score (nSPS) is 20.6. The maximum Gasteiger partial charge on any atom is 0.228 e. The van der Waals surface area contributed by atoms with Gasteiger partial charge in [0.1, 0.15) is 5.82 Å². The molecule has 0 aromatic heterocycles. The van der Waals surface area contributed by atoms with Crippen molar-refractivity contribution in [1.82, 2.24) is 0 Å². The number of nitrogens with two attached hydrogens (primary N) is 2. The van der Waals surface area contributed by atoms with Crippen LogP contribution in [0.4, 0.5) is 20.2 Å². The highest BCUT2D eigenvalue weighted by molar-refractivity contribution is 5.98. The first kappa shape index (κ1) is 10.8. The molecule has 6 heteroatoms. The Hall–Kier alpha value is -1.69. The smallest absolute Gasteiger partial charge is 0.228 e. The molecule has 1 unspecified atom stereocenters. The molecule has 0 spiro atoms. The van der Waals surface area contributed by atoms with E-state index in [0.717, 1.165) is 6.07 Å². The van der Waals surface area contributed by atoms with Crippen molar-refractivity contribution in [3.05, 3.63) is 23.8 Å². The highest BCUT2D eigenvalue weighted by atomic mass is 19.1. The predicted molar refractivity (Wildman–Crippen MR) is 55.7 cm³/mol. The number of nitrogen functional groups attached to an aromatic ring is 1. The van der Waals surface area contributed by atoms with Crippen LogP contribution in [0.3, 0.4) is 0 Å². The van der Waals surface area contributed by atoms with Gasteiger partial charge in [0.25, 0.3) is 0 Å². The van der Waals surface area contributed by atoms with E-state index in [0.29, 0.717) is 6.07 Å². The van der Waals surface area contributed by atoms with Crippen molar-refractivity contribution >= 4 is 17.3 Å². The summed E-state index contributed by atoms with van der Waals surface area (Å²) in [4.78, 5) is 12.7. The molecule has 1 aromatic rings. The van der Waals surface area contributed by atoms with E-state index in [-0.39, 0.29) is 36.3 Å². The van der Waals surface area contributed by atoms with Gasteiger partial charge in [-0.25, -0.2) is 8.78 Å². The number of amides is 1. The molecule has 2 rings (SSSR count). The first-order chi connectivity index (χ1) is 7.49. The lowest BCUT2D eigenvalue weighted by Crippen LogP contribution is -2.29. The zero-order chi connectivity index (χ0) is 11.9. The van der Waals surface area contributed by atoms with E-state index in [1.165, 1.54) is 4.90 Å². The molecule has 0 radical (unpaired) electrons. The number of hydrogen-bond donors (Lipinski definition) is 2. The van der Waals surface area contributed by atoms with Crippen molar-refractivity contribution in [2.75, 3.05) is 17.2 Å². The van der Waals surface area contributed by atoms with E-state index in [1.54, 1.807) is 0 Å². The molecule has 0 saturated carbocycles. The fourth-order valence-corrected chi connectivity index (χ4v) is 1.76. The standard InChI is InChI=1S/C10H11F2N3O/c11-5-1-7(12)10(14)8(2-5)15-4-6(13)3-9(15)16/h1-2,6H,3-4,13-14H2. The van der Waals surface area contributed by atoms with Crippen molar-refractivity contribution in [2.24, 2.45) is 5.73 Å². The van der Waals surface area contributed by atoms with Crippen molar-refractivity contribution in [3.8, 4) is 0 Å². The molecule has 1 aliphatic rings. The minimum atomic E-state index is -0.872. The number of nitrogens with zero attached hydrogens (tertiary/aromatic N) is 1. The van der Waals surface area contributed by atoms with Crippen molar-refractivity contribution in [2.45, 2.75) is 12.5 Å². The van der Waals surface area contributed by atoms with Crippen LogP contribution in [0.25, 0.3) is 0 Å². The average Bonchev–Trinajstić information content (AvgIpc) is 2.51. The lowest BCUT2D eigenvalue weighted by atomic mass is 10.2. The summed E-state index contributed by atoms with van der Waals surface area (Å²) >= 11 is 0. The minimum absolute atomic E-state index is 0.0513. The second-order valence-electron chi connectivity index (χ2n) is 3.79. The third kappa shape index (κ3) is 1.71. The van der Waals surface area contributed by atoms with Crippen LogP contribution >= 0.6 is 0 Å². The van der Waals surface area contributed by atoms with Gasteiger partial charge in [0, 0.05) is 25.1 Å². The first-order valence-electron chi connectivity index (χ1n) is 4.79. The Bertz CT molecular complexity index is 450. The van der Waals surface area contributed by atoms with Crippen LogP contribution in [0.2, 0.25) is 0 Å². The molecule has 1 atom stereocenters. The lowest BCUT2D eigenvalue weighted by molar-refractivity contribution is -0.117. The van der Waals surface area contributed by atoms with Gasteiger partial charge in [0.15, 0.2) is 5.82 Å². The maximum atomic E-state index is 13.2. The zero-order valence-corrected chi connectivity index (χ0v) is 8.41. The number of anilines is 2. The van der Waals surface area contributed by atoms with Crippen LogP contribution in [0, 0.1) is 11.6 Å². The third-order valence-corrected chi connectivity index (χ3v) is 2.52. The molecule has 1 heterocycles. The van der Waals surface area contributed by atoms with Gasteiger partial charge in [-0.1, -0.05) is 0 Å². The molecule has 4 N–H and O–H groups in total. The van der Waals surface area contributed by atoms with Crippen LogP contribution in [0.5, 0.6) is 0 Å². The molecule has 1 fully saturated rings. The number of carbonyl (C=O) groups excluding carboxylic acids is 1. The summed E-state index contributed by atoms with van der Waals surface area (Å²) in [5.41, 5.74) is 10.9. The Morgan fingerprint density at radius 3 is 2.62 bits per heavy atom. The second kappa shape index (κ2) is 3.71. The summed E-state index contributed by atoms with van der Waals surface area (Å²) in [6.07, 6.45) is 0.164. The summed E-state index contributed by atoms with van der Waals surface area (Å²) in [6, 6.07) is 1.39.